The molecule has 0 radical (unpaired) electrons. The summed E-state index contributed by atoms with van der Waals surface area (Å²) in [4.78, 5) is 86.0. The van der Waals surface area contributed by atoms with Crippen molar-refractivity contribution in [3.8, 4) is 5.75 Å². The van der Waals surface area contributed by atoms with E-state index in [1.807, 2.05) is 0 Å². The van der Waals surface area contributed by atoms with Crippen molar-refractivity contribution in [3.63, 3.8) is 0 Å². The van der Waals surface area contributed by atoms with Crippen LogP contribution in [0, 0.1) is 0 Å². The Morgan fingerprint density at radius 3 is 1.50 bits per heavy atom. The average molecular weight is 814 g/mol. The number of esters is 7. The third kappa shape index (κ3) is 14.0. The number of hydrogen-bond donors (Lipinski definition) is 2. The van der Waals surface area contributed by atoms with E-state index in [1.54, 1.807) is 12.1 Å². The lowest BCUT2D eigenvalue weighted by atomic mass is 9.96. The molecule has 1 aromatic carbocycles. The second-order valence-electron chi connectivity index (χ2n) is 12.1. The first-order valence-electron chi connectivity index (χ1n) is 16.8. The first-order valence-corrected chi connectivity index (χ1v) is 17.2. The molecular formula is C34H43N3O18S. The molecule has 1 aromatic rings. The van der Waals surface area contributed by atoms with Crippen LogP contribution in [-0.4, -0.2) is 128 Å². The molecule has 3 N–H and O–H groups in total. The van der Waals surface area contributed by atoms with Gasteiger partial charge in [-0.1, -0.05) is 0 Å². The normalized spacial score (nSPS) is 27.1. The number of benzene rings is 1. The number of nitrogens with one attached hydrogen (secondary N) is 1. The molecule has 56 heavy (non-hydrogen) atoms. The lowest BCUT2D eigenvalue weighted by Gasteiger charge is -2.48. The highest BCUT2D eigenvalue weighted by Gasteiger charge is 2.58. The van der Waals surface area contributed by atoms with Gasteiger partial charge in [0, 0.05) is 48.5 Å². The van der Waals surface area contributed by atoms with Crippen LogP contribution in [-0.2, 0) is 80.9 Å². The molecule has 0 aromatic heterocycles. The van der Waals surface area contributed by atoms with Gasteiger partial charge < -0.3 is 57.8 Å². The minimum absolute atomic E-state index is 0.0470. The van der Waals surface area contributed by atoms with E-state index in [2.05, 4.69) is 10.5 Å². The maximum absolute atomic E-state index is 12.6. The van der Waals surface area contributed by atoms with E-state index in [1.165, 1.54) is 18.3 Å². The second-order valence-corrected chi connectivity index (χ2v) is 12.5. The zero-order valence-corrected chi connectivity index (χ0v) is 32.2. The van der Waals surface area contributed by atoms with Crippen LogP contribution in [0.2, 0.25) is 0 Å². The summed E-state index contributed by atoms with van der Waals surface area (Å²) < 4.78 is 62.7. The van der Waals surface area contributed by atoms with Crippen LogP contribution in [0.1, 0.15) is 54.0 Å². The fourth-order valence-electron chi connectivity index (χ4n) is 5.50. The lowest BCUT2D eigenvalue weighted by Crippen LogP contribution is -2.67. The van der Waals surface area contributed by atoms with Gasteiger partial charge >= 0.3 is 41.8 Å². The molecule has 0 aliphatic carbocycles. The van der Waals surface area contributed by atoms with Crippen molar-refractivity contribution in [1.82, 2.24) is 5.43 Å². The van der Waals surface area contributed by atoms with E-state index in [-0.39, 0.29) is 10.9 Å². The first-order chi connectivity index (χ1) is 26.3. The van der Waals surface area contributed by atoms with Crippen LogP contribution in [0.15, 0.2) is 29.4 Å². The van der Waals surface area contributed by atoms with E-state index in [0.29, 0.717) is 5.56 Å². The zero-order chi connectivity index (χ0) is 41.7. The van der Waals surface area contributed by atoms with Crippen LogP contribution >= 0.6 is 12.2 Å². The molecule has 2 fully saturated rings. The van der Waals surface area contributed by atoms with Crippen molar-refractivity contribution in [3.05, 3.63) is 29.8 Å². The summed E-state index contributed by atoms with van der Waals surface area (Å²) in [6.45, 7) is 6.25. The van der Waals surface area contributed by atoms with Crippen molar-refractivity contribution in [2.45, 2.75) is 110 Å². The maximum atomic E-state index is 12.6. The Morgan fingerprint density at radius 2 is 1.04 bits per heavy atom. The average Bonchev–Trinajstić information content (AvgIpc) is 3.07. The van der Waals surface area contributed by atoms with Gasteiger partial charge in [0.15, 0.2) is 35.8 Å². The number of hydrazone groups is 1. The van der Waals surface area contributed by atoms with Crippen LogP contribution in [0.5, 0.6) is 5.75 Å². The standard InChI is InChI=1S/C34H43N3O18S/c1-15(38)45-13-24-26(47-17(3)40)28(48-18(4)41)31(51-21(7)44)33(54-24)55-27-25(14-46-16(2)39)53-32(30(50-20(6)43)29(27)49-19(5)42)52-23-10-8-22(9-11-23)12-36-37-34(35)56/h8-12,24-33H,13-14H2,1-7H3,(H3,35,37,56)/b36-12-/t24-,25-,26+,27-,28+,29+,30-,31-,32-,33+/m1/s1. The number of nitrogens with two attached hydrogens (primary N) is 1. The molecule has 2 heterocycles. The number of hydrogen-bond acceptors (Lipinski definition) is 20. The number of carbonyl (C=O) groups is 7. The Bertz CT molecular complexity index is 1640. The van der Waals surface area contributed by atoms with Crippen molar-refractivity contribution in [2.75, 3.05) is 13.2 Å². The summed E-state index contributed by atoms with van der Waals surface area (Å²) >= 11 is 4.72. The molecule has 10 atom stereocenters. The van der Waals surface area contributed by atoms with Gasteiger partial charge in [0.1, 0.15) is 37.3 Å². The smallest absolute Gasteiger partial charge is 0.303 e. The van der Waals surface area contributed by atoms with Gasteiger partial charge in [0.2, 0.25) is 12.4 Å². The van der Waals surface area contributed by atoms with Gasteiger partial charge in [-0.2, -0.15) is 5.10 Å². The van der Waals surface area contributed by atoms with Crippen molar-refractivity contribution in [2.24, 2.45) is 10.8 Å². The molecular weight excluding hydrogens is 770 g/mol. The SMILES string of the molecule is CC(=O)OC[C@H]1O[C@@H](O[C@H]2[C@H](OC(C)=O)[C@@H](OC(C)=O)[C@H](Oc3ccc(/C=N\NC(N)=S)cc3)O[C@@H]2COC(C)=O)[C@H](OC(C)=O)[C@@H](OC(C)=O)[C@H]1OC(C)=O. The molecule has 21 nitrogen and oxygen atoms in total. The summed E-state index contributed by atoms with van der Waals surface area (Å²) in [6.07, 6.45) is -14.6. The van der Waals surface area contributed by atoms with Crippen molar-refractivity contribution in [1.29, 1.82) is 0 Å². The molecule has 0 spiro atoms. The Morgan fingerprint density at radius 1 is 0.625 bits per heavy atom. The lowest BCUT2D eigenvalue weighted by molar-refractivity contribution is -0.354. The molecule has 0 saturated carbocycles. The summed E-state index contributed by atoms with van der Waals surface area (Å²) in [5.74, 6) is -5.83. The molecule has 0 bridgehead atoms. The molecule has 0 amide bonds. The third-order valence-corrected chi connectivity index (χ3v) is 7.50. The Labute approximate surface area is 325 Å². The fraction of sp³-hybridized carbons (Fsp3) is 0.559. The van der Waals surface area contributed by atoms with Crippen LogP contribution in [0.4, 0.5) is 0 Å². The summed E-state index contributed by atoms with van der Waals surface area (Å²) in [5.41, 5.74) is 8.38. The number of thiocarbonyl (C=S) groups is 1. The second kappa shape index (κ2) is 21.0. The Hall–Kier alpha value is -5.45. The number of nitrogens with zero attached hydrogens (tertiary/aromatic N) is 1. The van der Waals surface area contributed by atoms with Crippen LogP contribution in [0.25, 0.3) is 0 Å². The first kappa shape index (κ1) is 44.9. The van der Waals surface area contributed by atoms with Crippen LogP contribution < -0.4 is 15.9 Å². The monoisotopic (exact) mass is 813 g/mol. The minimum Gasteiger partial charge on any atom is -0.463 e. The highest BCUT2D eigenvalue weighted by atomic mass is 32.1. The quantitative estimate of drug-likeness (QED) is 0.0766. The molecule has 2 saturated heterocycles. The fourth-order valence-corrected chi connectivity index (χ4v) is 5.56. The van der Waals surface area contributed by atoms with E-state index in [4.69, 9.17) is 70.1 Å². The van der Waals surface area contributed by atoms with Gasteiger partial charge in [-0.15, -0.1) is 0 Å². The highest BCUT2D eigenvalue weighted by molar-refractivity contribution is 7.80. The van der Waals surface area contributed by atoms with E-state index in [9.17, 15) is 33.6 Å². The Kier molecular flexibility index (Phi) is 16.9. The predicted octanol–water partition coefficient (Wildman–Crippen LogP) is -0.148. The number of ether oxygens (including phenoxy) is 11. The minimum atomic E-state index is -1.82. The number of carbonyl (C=O) groups excluding carboxylic acids is 7. The molecule has 3 rings (SSSR count). The van der Waals surface area contributed by atoms with Crippen LogP contribution in [0.3, 0.4) is 0 Å². The summed E-state index contributed by atoms with van der Waals surface area (Å²) in [6, 6.07) is 6.22. The topological polar surface area (TPSA) is 271 Å². The molecule has 22 heteroatoms. The maximum Gasteiger partial charge on any atom is 0.303 e. The van der Waals surface area contributed by atoms with Gasteiger partial charge in [0.25, 0.3) is 0 Å². The van der Waals surface area contributed by atoms with Crippen molar-refractivity contribution < 1.29 is 85.7 Å². The molecule has 2 aliphatic heterocycles. The number of rotatable bonds is 15. The molecule has 0 unspecified atom stereocenters. The Balaban J connectivity index is 2.13. The van der Waals surface area contributed by atoms with E-state index >= 15 is 0 Å². The molecule has 308 valence electrons. The van der Waals surface area contributed by atoms with Gasteiger partial charge in [-0.05, 0) is 42.0 Å². The largest absolute Gasteiger partial charge is 0.463 e. The summed E-state index contributed by atoms with van der Waals surface area (Å²) in [7, 11) is 0. The van der Waals surface area contributed by atoms with Crippen molar-refractivity contribution >= 4 is 65.3 Å². The van der Waals surface area contributed by atoms with E-state index in [0.717, 1.165) is 48.5 Å². The van der Waals surface area contributed by atoms with Gasteiger partial charge in [-0.3, -0.25) is 39.0 Å². The zero-order valence-electron chi connectivity index (χ0n) is 31.4. The highest BCUT2D eigenvalue weighted by Crippen LogP contribution is 2.36. The van der Waals surface area contributed by atoms with E-state index < -0.39 is 116 Å². The third-order valence-electron chi connectivity index (χ3n) is 7.41. The molecule has 2 aliphatic rings. The van der Waals surface area contributed by atoms with Gasteiger partial charge in [0.05, 0.1) is 6.21 Å². The summed E-state index contributed by atoms with van der Waals surface area (Å²) in [5, 5.41) is 3.83. The predicted molar refractivity (Wildman–Crippen MR) is 188 cm³/mol. The van der Waals surface area contributed by atoms with Gasteiger partial charge in [-0.25, -0.2) is 0 Å².